The van der Waals surface area contributed by atoms with Gasteiger partial charge in [0.1, 0.15) is 11.5 Å². The molecule has 0 atom stereocenters. The molecule has 0 saturated carbocycles. The Hall–Kier alpha value is -2.27. The molecule has 2 N–H and O–H groups in total. The molecule has 5 heteroatoms. The summed E-state index contributed by atoms with van der Waals surface area (Å²) in [5.41, 5.74) is 1.82. The molecular formula is C16H13BrO4. The minimum atomic E-state index is -0.388. The fourth-order valence-electron chi connectivity index (χ4n) is 1.74. The lowest BCUT2D eigenvalue weighted by atomic mass is 10.1. The molecule has 0 aliphatic rings. The lowest BCUT2D eigenvalue weighted by Gasteiger charge is -2.03. The Balaban J connectivity index is 2.22. The minimum Gasteiger partial charge on any atom is -0.507 e. The van der Waals surface area contributed by atoms with Crippen LogP contribution in [0.2, 0.25) is 0 Å². The van der Waals surface area contributed by atoms with Crippen LogP contribution in [-0.4, -0.2) is 23.3 Å². The smallest absolute Gasteiger partial charge is 0.337 e. The van der Waals surface area contributed by atoms with Crippen molar-refractivity contribution >= 4 is 34.1 Å². The zero-order valence-corrected chi connectivity index (χ0v) is 12.8. The number of phenolic OH excluding ortho intramolecular Hbond substituents is 2. The number of halogens is 1. The van der Waals surface area contributed by atoms with Gasteiger partial charge in [0.2, 0.25) is 0 Å². The van der Waals surface area contributed by atoms with Crippen molar-refractivity contribution in [3.05, 3.63) is 57.6 Å². The summed E-state index contributed by atoms with van der Waals surface area (Å²) in [6.07, 6.45) is 3.44. The Morgan fingerprint density at radius 3 is 2.38 bits per heavy atom. The van der Waals surface area contributed by atoms with Crippen molar-refractivity contribution in [2.75, 3.05) is 7.11 Å². The number of benzene rings is 2. The Morgan fingerprint density at radius 1 is 1.10 bits per heavy atom. The summed E-state index contributed by atoms with van der Waals surface area (Å²) in [6, 6.07) is 9.72. The van der Waals surface area contributed by atoms with Gasteiger partial charge >= 0.3 is 5.97 Å². The highest BCUT2D eigenvalue weighted by Crippen LogP contribution is 2.32. The van der Waals surface area contributed by atoms with Gasteiger partial charge in [-0.1, -0.05) is 24.3 Å². The van der Waals surface area contributed by atoms with Gasteiger partial charge in [-0.2, -0.15) is 0 Å². The molecule has 2 rings (SSSR count). The van der Waals surface area contributed by atoms with Crippen LogP contribution in [0.3, 0.4) is 0 Å². The lowest BCUT2D eigenvalue weighted by Crippen LogP contribution is -2.00. The molecule has 0 bridgehead atoms. The molecule has 0 radical (unpaired) electrons. The number of esters is 1. The molecule has 0 spiro atoms. The van der Waals surface area contributed by atoms with Crippen molar-refractivity contribution in [3.63, 3.8) is 0 Å². The van der Waals surface area contributed by atoms with Gasteiger partial charge in [0, 0.05) is 5.56 Å². The number of aromatic hydroxyl groups is 2. The van der Waals surface area contributed by atoms with E-state index in [1.54, 1.807) is 36.4 Å². The third kappa shape index (κ3) is 3.64. The molecule has 4 nitrogen and oxygen atoms in total. The molecule has 108 valence electrons. The van der Waals surface area contributed by atoms with Crippen molar-refractivity contribution in [2.24, 2.45) is 0 Å². The molecule has 0 unspecified atom stereocenters. The first kappa shape index (κ1) is 15.1. The number of rotatable bonds is 3. The first-order chi connectivity index (χ1) is 10.0. The van der Waals surface area contributed by atoms with Gasteiger partial charge in [0.25, 0.3) is 0 Å². The van der Waals surface area contributed by atoms with Crippen LogP contribution < -0.4 is 0 Å². The van der Waals surface area contributed by atoms with Gasteiger partial charge < -0.3 is 14.9 Å². The van der Waals surface area contributed by atoms with Gasteiger partial charge in [-0.05, 0) is 45.8 Å². The zero-order chi connectivity index (χ0) is 15.4. The van der Waals surface area contributed by atoms with Crippen molar-refractivity contribution in [2.45, 2.75) is 0 Å². The van der Waals surface area contributed by atoms with Crippen LogP contribution in [0, 0.1) is 0 Å². The highest BCUT2D eigenvalue weighted by atomic mass is 79.9. The summed E-state index contributed by atoms with van der Waals surface area (Å²) in [6.45, 7) is 0. The number of hydrogen-bond donors (Lipinski definition) is 2. The summed E-state index contributed by atoms with van der Waals surface area (Å²) in [7, 11) is 1.33. The van der Waals surface area contributed by atoms with Gasteiger partial charge in [0.05, 0.1) is 17.1 Å². The van der Waals surface area contributed by atoms with Gasteiger partial charge in [-0.3, -0.25) is 0 Å². The topological polar surface area (TPSA) is 66.8 Å². The summed E-state index contributed by atoms with van der Waals surface area (Å²) in [4.78, 5) is 11.3. The van der Waals surface area contributed by atoms with E-state index in [0.717, 1.165) is 5.56 Å². The molecular weight excluding hydrogens is 336 g/mol. The lowest BCUT2D eigenvalue weighted by molar-refractivity contribution is 0.0600. The monoisotopic (exact) mass is 348 g/mol. The van der Waals surface area contributed by atoms with E-state index >= 15 is 0 Å². The van der Waals surface area contributed by atoms with Gasteiger partial charge in [-0.15, -0.1) is 0 Å². The van der Waals surface area contributed by atoms with Crippen LogP contribution in [0.5, 0.6) is 11.5 Å². The standard InChI is InChI=1S/C16H13BrO4/c1-21-16(20)11-5-2-10(3-6-11)4-7-12-8-15(19)13(17)9-14(12)18/h2-9,18-19H,1H3. The maximum Gasteiger partial charge on any atom is 0.337 e. The zero-order valence-electron chi connectivity index (χ0n) is 11.2. The molecule has 0 saturated heterocycles. The molecule has 0 aliphatic heterocycles. The van der Waals surface area contributed by atoms with E-state index in [2.05, 4.69) is 20.7 Å². The van der Waals surface area contributed by atoms with E-state index in [9.17, 15) is 15.0 Å². The van der Waals surface area contributed by atoms with E-state index in [4.69, 9.17) is 0 Å². The van der Waals surface area contributed by atoms with Crippen LogP contribution >= 0.6 is 15.9 Å². The summed E-state index contributed by atoms with van der Waals surface area (Å²) >= 11 is 3.13. The van der Waals surface area contributed by atoms with Crippen molar-refractivity contribution < 1.29 is 19.7 Å². The van der Waals surface area contributed by atoms with E-state index in [1.807, 2.05) is 0 Å². The molecule has 0 aromatic heterocycles. The normalized spacial score (nSPS) is 10.8. The van der Waals surface area contributed by atoms with E-state index in [-0.39, 0.29) is 17.5 Å². The third-order valence-electron chi connectivity index (χ3n) is 2.88. The van der Waals surface area contributed by atoms with Crippen LogP contribution in [-0.2, 0) is 4.74 Å². The Morgan fingerprint density at radius 2 is 1.76 bits per heavy atom. The first-order valence-electron chi connectivity index (χ1n) is 6.09. The van der Waals surface area contributed by atoms with Crippen molar-refractivity contribution in [1.29, 1.82) is 0 Å². The largest absolute Gasteiger partial charge is 0.507 e. The maximum atomic E-state index is 11.3. The highest BCUT2D eigenvalue weighted by Gasteiger charge is 2.05. The van der Waals surface area contributed by atoms with Crippen molar-refractivity contribution in [1.82, 2.24) is 0 Å². The second-order valence-electron chi connectivity index (χ2n) is 4.31. The second-order valence-corrected chi connectivity index (χ2v) is 5.16. The number of methoxy groups -OCH3 is 1. The Kier molecular flexibility index (Phi) is 4.65. The fraction of sp³-hybridized carbons (Fsp3) is 0.0625. The van der Waals surface area contributed by atoms with Crippen LogP contribution in [0.4, 0.5) is 0 Å². The number of carbonyl (C=O) groups excluding carboxylic acids is 1. The average molecular weight is 349 g/mol. The Labute approximate surface area is 130 Å². The molecule has 2 aromatic carbocycles. The van der Waals surface area contributed by atoms with Crippen LogP contribution in [0.15, 0.2) is 40.9 Å². The highest BCUT2D eigenvalue weighted by molar-refractivity contribution is 9.10. The average Bonchev–Trinajstić information content (AvgIpc) is 2.49. The SMILES string of the molecule is COC(=O)c1ccc(C=Cc2cc(O)c(Br)cc2O)cc1. The van der Waals surface area contributed by atoms with E-state index < -0.39 is 0 Å². The van der Waals surface area contributed by atoms with Gasteiger partial charge in [-0.25, -0.2) is 4.79 Å². The summed E-state index contributed by atoms with van der Waals surface area (Å²) in [5.74, 6) is -0.281. The Bertz CT molecular complexity index is 690. The molecule has 0 amide bonds. The minimum absolute atomic E-state index is 0.0495. The third-order valence-corrected chi connectivity index (χ3v) is 3.52. The molecule has 21 heavy (non-hydrogen) atoms. The predicted molar refractivity (Wildman–Crippen MR) is 84.2 cm³/mol. The maximum absolute atomic E-state index is 11.3. The number of carbonyl (C=O) groups is 1. The van der Waals surface area contributed by atoms with Crippen molar-refractivity contribution in [3.8, 4) is 11.5 Å². The molecule has 0 aliphatic carbocycles. The first-order valence-corrected chi connectivity index (χ1v) is 6.88. The van der Waals surface area contributed by atoms with Crippen LogP contribution in [0.1, 0.15) is 21.5 Å². The van der Waals surface area contributed by atoms with E-state index in [0.29, 0.717) is 15.6 Å². The number of ether oxygens (including phenoxy) is 1. The van der Waals surface area contributed by atoms with Gasteiger partial charge in [0.15, 0.2) is 0 Å². The summed E-state index contributed by atoms with van der Waals surface area (Å²) < 4.78 is 5.05. The number of phenols is 2. The molecule has 0 heterocycles. The number of hydrogen-bond acceptors (Lipinski definition) is 4. The molecule has 2 aromatic rings. The second kappa shape index (κ2) is 6.45. The summed E-state index contributed by atoms with van der Waals surface area (Å²) in [5, 5.41) is 19.4. The van der Waals surface area contributed by atoms with Crippen LogP contribution in [0.25, 0.3) is 12.2 Å². The quantitative estimate of drug-likeness (QED) is 0.502. The predicted octanol–water partition coefficient (Wildman–Crippen LogP) is 3.82. The van der Waals surface area contributed by atoms with E-state index in [1.165, 1.54) is 19.2 Å². The fourth-order valence-corrected chi connectivity index (χ4v) is 2.07. The molecule has 0 fully saturated rings.